The maximum atomic E-state index is 5.84. The molecule has 0 fully saturated rings. The van der Waals surface area contributed by atoms with Gasteiger partial charge in [-0.15, -0.1) is 0 Å². The lowest BCUT2D eigenvalue weighted by atomic mass is 10.3. The van der Waals surface area contributed by atoms with Crippen LogP contribution in [0, 0.1) is 0 Å². The maximum absolute atomic E-state index is 5.84. The highest BCUT2D eigenvalue weighted by Crippen LogP contribution is 2.25. The van der Waals surface area contributed by atoms with Gasteiger partial charge in [0.25, 0.3) is 5.89 Å². The number of nitrogens with zero attached hydrogens (tertiary/aromatic N) is 6. The maximum Gasteiger partial charge on any atom is 0.263 e. The summed E-state index contributed by atoms with van der Waals surface area (Å²) >= 11 is 0. The molecule has 0 atom stereocenters. The largest absolute Gasteiger partial charge is 0.383 e. The van der Waals surface area contributed by atoms with Crippen molar-refractivity contribution in [2.24, 2.45) is 14.1 Å². The monoisotopic (exact) mass is 245 g/mol. The molecule has 0 radical (unpaired) electrons. The van der Waals surface area contributed by atoms with Crippen LogP contribution in [0.5, 0.6) is 0 Å². The third-order valence-electron chi connectivity index (χ3n) is 2.58. The molecule has 0 aliphatic carbocycles. The molecular weight excluding hydrogens is 234 g/mol. The van der Waals surface area contributed by atoms with Crippen molar-refractivity contribution >= 4 is 5.82 Å². The Morgan fingerprint density at radius 3 is 2.78 bits per heavy atom. The average molecular weight is 245 g/mol. The van der Waals surface area contributed by atoms with Crippen molar-refractivity contribution in [1.29, 1.82) is 0 Å². The van der Waals surface area contributed by atoms with Crippen molar-refractivity contribution in [3.63, 3.8) is 0 Å². The zero-order valence-electron chi connectivity index (χ0n) is 9.90. The Kier molecular flexibility index (Phi) is 2.15. The summed E-state index contributed by atoms with van der Waals surface area (Å²) in [6.45, 7) is 0. The molecule has 0 saturated heterocycles. The Hall–Kier alpha value is -2.64. The van der Waals surface area contributed by atoms with Gasteiger partial charge in [-0.3, -0.25) is 9.36 Å². The lowest BCUT2D eigenvalue weighted by Gasteiger charge is -1.93. The SMILES string of the molecule is Cn1ccc(-c2noc(-c3cnn(C)c3N)n2)n1. The summed E-state index contributed by atoms with van der Waals surface area (Å²) in [5.41, 5.74) is 7.11. The van der Waals surface area contributed by atoms with Crippen LogP contribution in [0.4, 0.5) is 5.82 Å². The topological polar surface area (TPSA) is 101 Å². The van der Waals surface area contributed by atoms with Gasteiger partial charge in [-0.25, -0.2) is 0 Å². The van der Waals surface area contributed by atoms with Crippen molar-refractivity contribution in [3.05, 3.63) is 18.5 Å². The van der Waals surface area contributed by atoms with E-state index in [4.69, 9.17) is 10.3 Å². The molecule has 8 nitrogen and oxygen atoms in total. The molecule has 0 unspecified atom stereocenters. The van der Waals surface area contributed by atoms with Crippen molar-refractivity contribution in [2.45, 2.75) is 0 Å². The molecule has 2 N–H and O–H groups in total. The second-order valence-electron chi connectivity index (χ2n) is 3.86. The minimum atomic E-state index is 0.334. The summed E-state index contributed by atoms with van der Waals surface area (Å²) in [5, 5.41) is 12.1. The van der Waals surface area contributed by atoms with Crippen molar-refractivity contribution in [3.8, 4) is 23.0 Å². The normalized spacial score (nSPS) is 11.0. The average Bonchev–Trinajstić information content (AvgIpc) is 3.02. The van der Waals surface area contributed by atoms with Crippen LogP contribution in [0.1, 0.15) is 0 Å². The molecule has 92 valence electrons. The van der Waals surface area contributed by atoms with Crippen molar-refractivity contribution in [1.82, 2.24) is 29.7 Å². The third-order valence-corrected chi connectivity index (χ3v) is 2.58. The summed E-state index contributed by atoms with van der Waals surface area (Å²) in [5.74, 6) is 1.24. The van der Waals surface area contributed by atoms with Gasteiger partial charge in [0, 0.05) is 20.3 Å². The molecule has 18 heavy (non-hydrogen) atoms. The molecule has 0 bridgehead atoms. The minimum absolute atomic E-state index is 0.334. The number of aromatic nitrogens is 6. The fraction of sp³-hybridized carbons (Fsp3) is 0.200. The highest BCUT2D eigenvalue weighted by molar-refractivity contribution is 5.67. The highest BCUT2D eigenvalue weighted by atomic mass is 16.5. The fourth-order valence-electron chi connectivity index (χ4n) is 1.58. The molecule has 0 aliphatic heterocycles. The molecular formula is C10H11N7O. The van der Waals surface area contributed by atoms with E-state index >= 15 is 0 Å². The lowest BCUT2D eigenvalue weighted by molar-refractivity contribution is 0.432. The number of hydrogen-bond donors (Lipinski definition) is 1. The number of rotatable bonds is 2. The molecule has 3 aromatic heterocycles. The molecule has 3 rings (SSSR count). The van der Waals surface area contributed by atoms with Crippen LogP contribution in [0.25, 0.3) is 23.0 Å². The second-order valence-corrected chi connectivity index (χ2v) is 3.86. The second kappa shape index (κ2) is 3.69. The van der Waals surface area contributed by atoms with E-state index in [2.05, 4.69) is 20.3 Å². The smallest absolute Gasteiger partial charge is 0.263 e. The first-order valence-electron chi connectivity index (χ1n) is 5.26. The minimum Gasteiger partial charge on any atom is -0.383 e. The van der Waals surface area contributed by atoms with Crippen LogP contribution in [-0.2, 0) is 14.1 Å². The van der Waals surface area contributed by atoms with E-state index in [1.54, 1.807) is 28.7 Å². The molecule has 3 aromatic rings. The standard InChI is InChI=1S/C10H11N7O/c1-16-4-3-7(14-16)9-13-10(18-15-9)6-5-12-17(2)8(6)11/h3-5H,11H2,1-2H3. The molecule has 8 heteroatoms. The molecule has 0 aliphatic rings. The molecule has 0 amide bonds. The summed E-state index contributed by atoms with van der Waals surface area (Å²) in [6.07, 6.45) is 3.40. The quantitative estimate of drug-likeness (QED) is 0.703. The fourth-order valence-corrected chi connectivity index (χ4v) is 1.58. The number of aryl methyl sites for hydroxylation is 2. The van der Waals surface area contributed by atoms with E-state index in [1.165, 1.54) is 0 Å². The number of nitrogen functional groups attached to an aromatic ring is 1. The first-order valence-corrected chi connectivity index (χ1v) is 5.26. The highest BCUT2D eigenvalue weighted by Gasteiger charge is 2.16. The van der Waals surface area contributed by atoms with E-state index in [-0.39, 0.29) is 0 Å². The van der Waals surface area contributed by atoms with Gasteiger partial charge in [-0.2, -0.15) is 15.2 Å². The van der Waals surface area contributed by atoms with Crippen LogP contribution in [-0.4, -0.2) is 29.7 Å². The third kappa shape index (κ3) is 1.54. The Morgan fingerprint density at radius 1 is 1.33 bits per heavy atom. The van der Waals surface area contributed by atoms with Crippen molar-refractivity contribution in [2.75, 3.05) is 5.73 Å². The van der Waals surface area contributed by atoms with Gasteiger partial charge in [-0.05, 0) is 6.07 Å². The summed E-state index contributed by atoms with van der Waals surface area (Å²) < 4.78 is 8.38. The van der Waals surface area contributed by atoms with Crippen LogP contribution >= 0.6 is 0 Å². The molecule has 3 heterocycles. The van der Waals surface area contributed by atoms with Crippen LogP contribution in [0.3, 0.4) is 0 Å². The van der Waals surface area contributed by atoms with Gasteiger partial charge in [0.2, 0.25) is 5.82 Å². The number of hydrogen-bond acceptors (Lipinski definition) is 6. The summed E-state index contributed by atoms with van der Waals surface area (Å²) in [6, 6.07) is 1.81. The number of anilines is 1. The first-order chi connectivity index (χ1) is 8.65. The van der Waals surface area contributed by atoms with Gasteiger partial charge in [0.15, 0.2) is 0 Å². The van der Waals surface area contributed by atoms with Crippen LogP contribution in [0.2, 0.25) is 0 Å². The molecule has 0 aromatic carbocycles. The van der Waals surface area contributed by atoms with Gasteiger partial charge >= 0.3 is 0 Å². The van der Waals surface area contributed by atoms with Gasteiger partial charge in [-0.1, -0.05) is 5.16 Å². The van der Waals surface area contributed by atoms with E-state index in [9.17, 15) is 0 Å². The summed E-state index contributed by atoms with van der Waals surface area (Å²) in [4.78, 5) is 4.25. The van der Waals surface area contributed by atoms with E-state index < -0.39 is 0 Å². The van der Waals surface area contributed by atoms with Gasteiger partial charge in [0.05, 0.1) is 6.20 Å². The Balaban J connectivity index is 2.01. The zero-order chi connectivity index (χ0) is 12.7. The Morgan fingerprint density at radius 2 is 2.17 bits per heavy atom. The van der Waals surface area contributed by atoms with E-state index in [0.29, 0.717) is 28.8 Å². The predicted octanol–water partition coefficient (Wildman–Crippen LogP) is 0.453. The number of nitrogens with two attached hydrogens (primary N) is 1. The van der Waals surface area contributed by atoms with E-state index in [0.717, 1.165) is 0 Å². The molecule has 0 saturated carbocycles. The van der Waals surface area contributed by atoms with E-state index in [1.807, 2.05) is 13.2 Å². The van der Waals surface area contributed by atoms with Gasteiger partial charge in [0.1, 0.15) is 17.1 Å². The molecule has 0 spiro atoms. The van der Waals surface area contributed by atoms with Crippen molar-refractivity contribution < 1.29 is 4.52 Å². The lowest BCUT2D eigenvalue weighted by Crippen LogP contribution is -1.98. The van der Waals surface area contributed by atoms with Crippen LogP contribution in [0.15, 0.2) is 23.0 Å². The summed E-state index contributed by atoms with van der Waals surface area (Å²) in [7, 11) is 3.57. The predicted molar refractivity (Wildman–Crippen MR) is 63.1 cm³/mol. The Labute approximate surface area is 102 Å². The Bertz CT molecular complexity index is 693. The van der Waals surface area contributed by atoms with Gasteiger partial charge < -0.3 is 10.3 Å². The van der Waals surface area contributed by atoms with Crippen LogP contribution < -0.4 is 5.73 Å². The first kappa shape index (κ1) is 10.5. The zero-order valence-corrected chi connectivity index (χ0v) is 9.90.